The maximum Gasteiger partial charge on any atom is 0.340 e. The summed E-state index contributed by atoms with van der Waals surface area (Å²) in [6.07, 6.45) is 0.868. The van der Waals surface area contributed by atoms with Crippen LogP contribution in [0, 0.1) is 11.8 Å². The van der Waals surface area contributed by atoms with E-state index in [0.717, 1.165) is 6.42 Å². The van der Waals surface area contributed by atoms with E-state index >= 15 is 0 Å². The van der Waals surface area contributed by atoms with Gasteiger partial charge >= 0.3 is 5.97 Å². The molecule has 21 heavy (non-hydrogen) atoms. The fraction of sp³-hybridized carbons (Fsp3) is 0.467. The van der Waals surface area contributed by atoms with Crippen molar-refractivity contribution in [2.75, 3.05) is 26.6 Å². The molecular formula is C15H19NO5. The number of rotatable bonds is 5. The zero-order valence-corrected chi connectivity index (χ0v) is 12.6. The SMILES string of the molecule is COC(=O)c1cc(OC)c(OC)cc1NC(=O)[C@@H]1C[C@H]1C. The normalized spacial score (nSPS) is 19.6. The third-order valence-electron chi connectivity index (χ3n) is 3.63. The summed E-state index contributed by atoms with van der Waals surface area (Å²) in [5.41, 5.74) is 0.598. The summed E-state index contributed by atoms with van der Waals surface area (Å²) in [4.78, 5) is 23.9. The van der Waals surface area contributed by atoms with Crippen LogP contribution in [-0.4, -0.2) is 33.2 Å². The predicted molar refractivity (Wildman–Crippen MR) is 76.8 cm³/mol. The molecule has 6 nitrogen and oxygen atoms in total. The van der Waals surface area contributed by atoms with Crippen molar-refractivity contribution in [1.29, 1.82) is 0 Å². The number of carbonyl (C=O) groups excluding carboxylic acids is 2. The molecule has 1 aromatic rings. The molecule has 0 unspecified atom stereocenters. The topological polar surface area (TPSA) is 73.9 Å². The molecule has 0 radical (unpaired) electrons. The van der Waals surface area contributed by atoms with Gasteiger partial charge in [0.25, 0.3) is 0 Å². The number of nitrogens with one attached hydrogen (secondary N) is 1. The van der Waals surface area contributed by atoms with Crippen molar-refractivity contribution < 1.29 is 23.8 Å². The molecule has 2 rings (SSSR count). The second-order valence-corrected chi connectivity index (χ2v) is 5.05. The molecule has 0 aliphatic heterocycles. The Morgan fingerprint density at radius 2 is 1.71 bits per heavy atom. The van der Waals surface area contributed by atoms with Crippen LogP contribution in [0.4, 0.5) is 5.69 Å². The number of benzene rings is 1. The van der Waals surface area contributed by atoms with Gasteiger partial charge in [-0.3, -0.25) is 4.79 Å². The summed E-state index contributed by atoms with van der Waals surface area (Å²) < 4.78 is 15.1. The van der Waals surface area contributed by atoms with Gasteiger partial charge in [0, 0.05) is 18.1 Å². The number of carbonyl (C=O) groups is 2. The molecule has 1 N–H and O–H groups in total. The lowest BCUT2D eigenvalue weighted by molar-refractivity contribution is -0.117. The molecule has 0 bridgehead atoms. The van der Waals surface area contributed by atoms with Gasteiger partial charge in [-0.2, -0.15) is 0 Å². The molecule has 114 valence electrons. The highest BCUT2D eigenvalue weighted by Crippen LogP contribution is 2.40. The Morgan fingerprint density at radius 3 is 2.19 bits per heavy atom. The first-order valence-corrected chi connectivity index (χ1v) is 6.67. The van der Waals surface area contributed by atoms with Crippen molar-refractivity contribution in [3.05, 3.63) is 17.7 Å². The van der Waals surface area contributed by atoms with Crippen LogP contribution in [0.2, 0.25) is 0 Å². The molecule has 6 heteroatoms. The van der Waals surface area contributed by atoms with Gasteiger partial charge < -0.3 is 19.5 Å². The van der Waals surface area contributed by atoms with Gasteiger partial charge in [-0.15, -0.1) is 0 Å². The van der Waals surface area contributed by atoms with Crippen molar-refractivity contribution in [3.8, 4) is 11.5 Å². The lowest BCUT2D eigenvalue weighted by Crippen LogP contribution is -2.17. The van der Waals surface area contributed by atoms with Gasteiger partial charge in [0.2, 0.25) is 5.91 Å². The van der Waals surface area contributed by atoms with Crippen molar-refractivity contribution in [2.24, 2.45) is 11.8 Å². The number of esters is 1. The summed E-state index contributed by atoms with van der Waals surface area (Å²) in [5, 5.41) is 2.77. The molecule has 1 aliphatic rings. The van der Waals surface area contributed by atoms with E-state index in [1.807, 2.05) is 6.92 Å². The van der Waals surface area contributed by atoms with Gasteiger partial charge in [-0.05, 0) is 12.3 Å². The van der Waals surface area contributed by atoms with E-state index in [2.05, 4.69) is 5.32 Å². The minimum absolute atomic E-state index is 0.00333. The summed E-state index contributed by atoms with van der Waals surface area (Å²) in [5.74, 6) is 0.574. The van der Waals surface area contributed by atoms with Crippen molar-refractivity contribution in [3.63, 3.8) is 0 Å². The summed E-state index contributed by atoms with van der Waals surface area (Å²) in [7, 11) is 4.25. The lowest BCUT2D eigenvalue weighted by Gasteiger charge is -2.14. The molecule has 0 aromatic heterocycles. The smallest absolute Gasteiger partial charge is 0.340 e. The molecule has 2 atom stereocenters. The van der Waals surface area contributed by atoms with Crippen molar-refractivity contribution in [1.82, 2.24) is 0 Å². The Labute approximate surface area is 123 Å². The second kappa shape index (κ2) is 6.03. The molecule has 1 fully saturated rings. The number of amides is 1. The molecule has 0 spiro atoms. The molecule has 1 amide bonds. The van der Waals surface area contributed by atoms with Crippen LogP contribution in [0.3, 0.4) is 0 Å². The highest BCUT2D eigenvalue weighted by Gasteiger charge is 2.39. The number of hydrogen-bond donors (Lipinski definition) is 1. The summed E-state index contributed by atoms with van der Waals surface area (Å²) >= 11 is 0. The van der Waals surface area contributed by atoms with Crippen LogP contribution in [-0.2, 0) is 9.53 Å². The molecule has 0 heterocycles. The highest BCUT2D eigenvalue weighted by molar-refractivity contribution is 6.03. The van der Waals surface area contributed by atoms with E-state index in [1.165, 1.54) is 27.4 Å². The minimum atomic E-state index is -0.546. The maximum atomic E-state index is 12.1. The average Bonchev–Trinajstić information content (AvgIpc) is 3.23. The molecule has 1 aromatic carbocycles. The Kier molecular flexibility index (Phi) is 4.35. The quantitative estimate of drug-likeness (QED) is 0.841. The first-order valence-electron chi connectivity index (χ1n) is 6.67. The third kappa shape index (κ3) is 3.09. The van der Waals surface area contributed by atoms with Gasteiger partial charge in [0.1, 0.15) is 0 Å². The lowest BCUT2D eigenvalue weighted by atomic mass is 10.1. The average molecular weight is 293 g/mol. The highest BCUT2D eigenvalue weighted by atomic mass is 16.5. The van der Waals surface area contributed by atoms with E-state index in [-0.39, 0.29) is 17.4 Å². The minimum Gasteiger partial charge on any atom is -0.493 e. The van der Waals surface area contributed by atoms with Crippen molar-refractivity contribution >= 4 is 17.6 Å². The number of anilines is 1. The van der Waals surface area contributed by atoms with Gasteiger partial charge in [-0.25, -0.2) is 4.79 Å². The van der Waals surface area contributed by atoms with Gasteiger partial charge in [-0.1, -0.05) is 6.92 Å². The van der Waals surface area contributed by atoms with Crippen LogP contribution in [0.15, 0.2) is 12.1 Å². The number of methoxy groups -OCH3 is 3. The van der Waals surface area contributed by atoms with E-state index in [1.54, 1.807) is 6.07 Å². The van der Waals surface area contributed by atoms with Crippen LogP contribution < -0.4 is 14.8 Å². The predicted octanol–water partition coefficient (Wildman–Crippen LogP) is 2.08. The fourth-order valence-corrected chi connectivity index (χ4v) is 2.17. The number of hydrogen-bond acceptors (Lipinski definition) is 5. The number of ether oxygens (including phenoxy) is 3. The Balaban J connectivity index is 2.36. The molecule has 1 aliphatic carbocycles. The van der Waals surface area contributed by atoms with E-state index in [4.69, 9.17) is 14.2 Å². The Hall–Kier alpha value is -2.24. The zero-order valence-electron chi connectivity index (χ0n) is 12.6. The first-order chi connectivity index (χ1) is 10.0. The van der Waals surface area contributed by atoms with E-state index in [0.29, 0.717) is 23.1 Å². The van der Waals surface area contributed by atoms with Crippen LogP contribution in [0.1, 0.15) is 23.7 Å². The van der Waals surface area contributed by atoms with Crippen LogP contribution in [0.25, 0.3) is 0 Å². The Bertz CT molecular complexity index is 569. The second-order valence-electron chi connectivity index (χ2n) is 5.05. The van der Waals surface area contributed by atoms with Gasteiger partial charge in [0.15, 0.2) is 11.5 Å². The largest absolute Gasteiger partial charge is 0.493 e. The third-order valence-corrected chi connectivity index (χ3v) is 3.63. The molecular weight excluding hydrogens is 274 g/mol. The van der Waals surface area contributed by atoms with Crippen LogP contribution in [0.5, 0.6) is 11.5 Å². The van der Waals surface area contributed by atoms with E-state index in [9.17, 15) is 9.59 Å². The standard InChI is InChI=1S/C15H19NO5/c1-8-5-9(8)14(17)16-11-7-13(20-3)12(19-2)6-10(11)15(18)21-4/h6-9H,5H2,1-4H3,(H,16,17)/t8-,9-/m1/s1. The molecule has 0 saturated heterocycles. The summed E-state index contributed by atoms with van der Waals surface area (Å²) in [6.45, 7) is 2.01. The maximum absolute atomic E-state index is 12.1. The van der Waals surface area contributed by atoms with Crippen molar-refractivity contribution in [2.45, 2.75) is 13.3 Å². The van der Waals surface area contributed by atoms with E-state index < -0.39 is 5.97 Å². The first kappa shape index (κ1) is 15.2. The monoisotopic (exact) mass is 293 g/mol. The zero-order chi connectivity index (χ0) is 15.6. The molecule has 1 saturated carbocycles. The van der Waals surface area contributed by atoms with Crippen LogP contribution >= 0.6 is 0 Å². The summed E-state index contributed by atoms with van der Waals surface area (Å²) in [6, 6.07) is 3.06. The van der Waals surface area contributed by atoms with Gasteiger partial charge in [0.05, 0.1) is 32.6 Å². The Morgan fingerprint density at radius 1 is 1.14 bits per heavy atom. The fourth-order valence-electron chi connectivity index (χ4n) is 2.17.